The van der Waals surface area contributed by atoms with E-state index >= 15 is 0 Å². The Morgan fingerprint density at radius 2 is 1.58 bits per heavy atom. The average Bonchev–Trinajstić information content (AvgIpc) is 3.32. The lowest BCUT2D eigenvalue weighted by atomic mass is 9.66. The molecule has 1 amide bonds. The Morgan fingerprint density at radius 1 is 0.871 bits per heavy atom. The van der Waals surface area contributed by atoms with Crippen molar-refractivity contribution in [1.82, 2.24) is 0 Å². The molecule has 2 aliphatic rings. The van der Waals surface area contributed by atoms with Crippen LogP contribution in [0.2, 0.25) is 0 Å². The van der Waals surface area contributed by atoms with Crippen LogP contribution < -0.4 is 4.90 Å². The number of hydrogen-bond donors (Lipinski definition) is 0. The number of hydrogen-bond acceptors (Lipinski definition) is 2. The van der Waals surface area contributed by atoms with Crippen LogP contribution in [0.5, 0.6) is 0 Å². The summed E-state index contributed by atoms with van der Waals surface area (Å²) in [6.07, 6.45) is 2.28. The van der Waals surface area contributed by atoms with Gasteiger partial charge in [-0.2, -0.15) is 0 Å². The summed E-state index contributed by atoms with van der Waals surface area (Å²) < 4.78 is 13.4. The fourth-order valence-electron chi connectivity index (χ4n) is 5.34. The third kappa shape index (κ3) is 3.36. The molecule has 3 aromatic carbocycles. The van der Waals surface area contributed by atoms with Gasteiger partial charge in [0.15, 0.2) is 0 Å². The Hall–Kier alpha value is -3.27. The number of nitrogens with zero attached hydrogens (tertiary/aromatic N) is 1. The summed E-state index contributed by atoms with van der Waals surface area (Å²) in [5, 5.41) is 0. The first-order valence-electron chi connectivity index (χ1n) is 10.8. The van der Waals surface area contributed by atoms with Crippen molar-refractivity contribution in [1.29, 1.82) is 0 Å². The predicted octanol–water partition coefficient (Wildman–Crippen LogP) is 5.22. The molecule has 0 bridgehead atoms. The number of carbonyl (C=O) groups excluding carboxylic acids is 2. The molecule has 3 nitrogen and oxygen atoms in total. The normalized spacial score (nSPS) is 22.7. The van der Waals surface area contributed by atoms with Crippen molar-refractivity contribution >= 4 is 17.4 Å². The highest BCUT2D eigenvalue weighted by molar-refractivity contribution is 6.09. The van der Waals surface area contributed by atoms with E-state index in [0.29, 0.717) is 25.8 Å². The molecule has 1 aliphatic carbocycles. The molecule has 2 atom stereocenters. The van der Waals surface area contributed by atoms with Gasteiger partial charge in [-0.3, -0.25) is 9.59 Å². The number of halogens is 1. The first-order chi connectivity index (χ1) is 15.1. The van der Waals surface area contributed by atoms with Gasteiger partial charge < -0.3 is 4.90 Å². The molecule has 4 heteroatoms. The molecule has 1 fully saturated rings. The van der Waals surface area contributed by atoms with Crippen molar-refractivity contribution < 1.29 is 14.0 Å². The zero-order chi connectivity index (χ0) is 21.4. The van der Waals surface area contributed by atoms with Gasteiger partial charge >= 0.3 is 0 Å². The molecule has 31 heavy (non-hydrogen) atoms. The quantitative estimate of drug-likeness (QED) is 0.575. The minimum absolute atomic E-state index is 0.0212. The van der Waals surface area contributed by atoms with Crippen molar-refractivity contribution in [2.75, 3.05) is 4.90 Å². The van der Waals surface area contributed by atoms with Crippen LogP contribution in [0.25, 0.3) is 0 Å². The van der Waals surface area contributed by atoms with Crippen molar-refractivity contribution in [3.05, 3.63) is 101 Å². The van der Waals surface area contributed by atoms with Gasteiger partial charge in [-0.15, -0.1) is 0 Å². The summed E-state index contributed by atoms with van der Waals surface area (Å²) in [7, 11) is 0. The number of benzene rings is 3. The summed E-state index contributed by atoms with van der Waals surface area (Å²) in [6, 6.07) is 24.3. The Bertz CT molecular complexity index is 1130. The van der Waals surface area contributed by atoms with E-state index in [1.165, 1.54) is 12.1 Å². The lowest BCUT2D eigenvalue weighted by Gasteiger charge is -2.34. The molecule has 0 aromatic heterocycles. The predicted molar refractivity (Wildman–Crippen MR) is 118 cm³/mol. The summed E-state index contributed by atoms with van der Waals surface area (Å²) in [4.78, 5) is 28.3. The van der Waals surface area contributed by atoms with E-state index in [-0.39, 0.29) is 23.4 Å². The van der Waals surface area contributed by atoms with Crippen LogP contribution in [0.4, 0.5) is 10.1 Å². The number of fused-ring (bicyclic) bond motifs is 1. The maximum atomic E-state index is 14.2. The third-order valence-electron chi connectivity index (χ3n) is 6.82. The fourth-order valence-corrected chi connectivity index (χ4v) is 5.34. The average molecular weight is 413 g/mol. The van der Waals surface area contributed by atoms with E-state index in [9.17, 15) is 14.0 Å². The molecule has 0 saturated heterocycles. The van der Waals surface area contributed by atoms with Gasteiger partial charge in [0.25, 0.3) is 0 Å². The first-order valence-corrected chi connectivity index (χ1v) is 10.8. The molecular formula is C27H24FNO2. The molecule has 1 aliphatic heterocycles. The Labute approximate surface area is 181 Å². The summed E-state index contributed by atoms with van der Waals surface area (Å²) in [6.45, 7) is 0.382. The summed E-state index contributed by atoms with van der Waals surface area (Å²) in [5.41, 5.74) is 3.11. The molecule has 3 aromatic rings. The monoisotopic (exact) mass is 413 g/mol. The van der Waals surface area contributed by atoms with E-state index in [1.54, 1.807) is 12.1 Å². The van der Waals surface area contributed by atoms with E-state index in [2.05, 4.69) is 12.1 Å². The Morgan fingerprint density at radius 3 is 2.29 bits per heavy atom. The molecule has 0 unspecified atom stereocenters. The fraction of sp³-hybridized carbons (Fsp3) is 0.259. The van der Waals surface area contributed by atoms with Gasteiger partial charge in [0.1, 0.15) is 11.6 Å². The van der Waals surface area contributed by atoms with Crippen molar-refractivity contribution in [2.45, 2.75) is 37.6 Å². The van der Waals surface area contributed by atoms with Crippen molar-refractivity contribution in [2.24, 2.45) is 5.92 Å². The number of rotatable bonds is 5. The van der Waals surface area contributed by atoms with Crippen LogP contribution in [-0.4, -0.2) is 11.7 Å². The number of para-hydroxylation sites is 1. The van der Waals surface area contributed by atoms with Crippen LogP contribution in [-0.2, 0) is 28.0 Å². The van der Waals surface area contributed by atoms with Gasteiger partial charge in [-0.1, -0.05) is 60.7 Å². The highest BCUT2D eigenvalue weighted by Gasteiger charge is 2.56. The second-order valence-corrected chi connectivity index (χ2v) is 8.65. The molecule has 1 saturated carbocycles. The maximum Gasteiger partial charge on any atom is 0.238 e. The van der Waals surface area contributed by atoms with E-state index < -0.39 is 5.41 Å². The molecule has 5 rings (SSSR count). The van der Waals surface area contributed by atoms with Gasteiger partial charge in [0, 0.05) is 18.5 Å². The van der Waals surface area contributed by atoms with E-state index in [0.717, 1.165) is 28.8 Å². The SMILES string of the molecule is O=C1CC[C@H]([C@]2(Cc3ccccc3)C(=O)N(Cc3ccc(F)cc3)c3ccccc32)C1. The van der Waals surface area contributed by atoms with Crippen molar-refractivity contribution in [3.8, 4) is 0 Å². The lowest BCUT2D eigenvalue weighted by molar-refractivity contribution is -0.125. The van der Waals surface area contributed by atoms with Gasteiger partial charge in [0.05, 0.1) is 12.0 Å². The first kappa shape index (κ1) is 19.7. The Kier molecular flexibility index (Phi) is 4.93. The lowest BCUT2D eigenvalue weighted by Crippen LogP contribution is -2.46. The second-order valence-electron chi connectivity index (χ2n) is 8.65. The minimum atomic E-state index is -0.760. The van der Waals surface area contributed by atoms with Gasteiger partial charge in [-0.25, -0.2) is 4.39 Å². The third-order valence-corrected chi connectivity index (χ3v) is 6.82. The zero-order valence-corrected chi connectivity index (χ0v) is 17.3. The minimum Gasteiger partial charge on any atom is -0.307 e. The molecule has 1 heterocycles. The van der Waals surface area contributed by atoms with Crippen LogP contribution in [0.3, 0.4) is 0 Å². The second kappa shape index (κ2) is 7.77. The number of carbonyl (C=O) groups is 2. The van der Waals surface area contributed by atoms with E-state index in [1.807, 2.05) is 47.4 Å². The van der Waals surface area contributed by atoms with Crippen LogP contribution >= 0.6 is 0 Å². The summed E-state index contributed by atoms with van der Waals surface area (Å²) in [5.74, 6) is -0.0341. The van der Waals surface area contributed by atoms with Crippen molar-refractivity contribution in [3.63, 3.8) is 0 Å². The highest BCUT2D eigenvalue weighted by Crippen LogP contribution is 2.52. The standard InChI is InChI=1S/C27H24FNO2/c28-22-13-10-20(11-14-22)18-29-25-9-5-4-8-24(25)27(26(29)31,21-12-15-23(30)16-21)17-19-6-2-1-3-7-19/h1-11,13-14,21H,12,15-18H2/t21-,27-/m0/s1. The molecular weight excluding hydrogens is 389 g/mol. The number of ketones is 1. The smallest absolute Gasteiger partial charge is 0.238 e. The van der Waals surface area contributed by atoms with Crippen LogP contribution in [0.1, 0.15) is 36.0 Å². The van der Waals surface area contributed by atoms with Crippen LogP contribution in [0.15, 0.2) is 78.9 Å². The zero-order valence-electron chi connectivity index (χ0n) is 17.3. The maximum absolute atomic E-state index is 14.2. The number of amides is 1. The molecule has 156 valence electrons. The number of Topliss-reactive ketones (excluding diaryl/α,β-unsaturated/α-hetero) is 1. The van der Waals surface area contributed by atoms with Gasteiger partial charge in [0.2, 0.25) is 5.91 Å². The number of anilines is 1. The molecule has 0 N–H and O–H groups in total. The van der Waals surface area contributed by atoms with Crippen LogP contribution in [0, 0.1) is 11.7 Å². The highest BCUT2D eigenvalue weighted by atomic mass is 19.1. The topological polar surface area (TPSA) is 37.4 Å². The van der Waals surface area contributed by atoms with E-state index in [4.69, 9.17) is 0 Å². The molecule has 0 radical (unpaired) electrons. The summed E-state index contributed by atoms with van der Waals surface area (Å²) >= 11 is 0. The van der Waals surface area contributed by atoms with Gasteiger partial charge in [-0.05, 0) is 53.6 Å². The Balaban J connectivity index is 1.62. The molecule has 0 spiro atoms. The largest absolute Gasteiger partial charge is 0.307 e.